The van der Waals surface area contributed by atoms with Gasteiger partial charge in [-0.25, -0.2) is 0 Å². The number of carbonyl (C=O) groups is 1. The summed E-state index contributed by atoms with van der Waals surface area (Å²) < 4.78 is 5.79. The van der Waals surface area contributed by atoms with E-state index in [9.17, 15) is 4.79 Å². The Balaban J connectivity index is 1.73. The van der Waals surface area contributed by atoms with Gasteiger partial charge in [0.05, 0.1) is 6.61 Å². The summed E-state index contributed by atoms with van der Waals surface area (Å²) in [6.07, 6.45) is 3.20. The van der Waals surface area contributed by atoms with E-state index >= 15 is 0 Å². The Bertz CT molecular complexity index is 509. The molecule has 128 valence electrons. The largest absolute Gasteiger partial charge is 0.493 e. The van der Waals surface area contributed by atoms with Crippen molar-refractivity contribution in [1.29, 1.82) is 0 Å². The van der Waals surface area contributed by atoms with E-state index in [2.05, 4.69) is 0 Å². The number of hydrogen-bond acceptors (Lipinski definition) is 3. The maximum Gasteiger partial charge on any atom is 0.222 e. The van der Waals surface area contributed by atoms with Crippen molar-refractivity contribution in [3.63, 3.8) is 0 Å². The van der Waals surface area contributed by atoms with E-state index in [1.807, 2.05) is 11.8 Å². The Morgan fingerprint density at radius 3 is 2.48 bits per heavy atom. The zero-order chi connectivity index (χ0) is 16.8. The van der Waals surface area contributed by atoms with E-state index < -0.39 is 0 Å². The molecule has 0 saturated carbocycles. The molecule has 0 spiro atoms. The van der Waals surface area contributed by atoms with Gasteiger partial charge >= 0.3 is 0 Å². The molecule has 0 aliphatic carbocycles. The van der Waals surface area contributed by atoms with Crippen LogP contribution in [0.15, 0.2) is 18.2 Å². The minimum absolute atomic E-state index is 0.0782. The molecule has 1 aromatic rings. The lowest BCUT2D eigenvalue weighted by atomic mass is 9.97. The summed E-state index contributed by atoms with van der Waals surface area (Å²) in [6.45, 7) is 4.14. The molecule has 1 aliphatic rings. The summed E-state index contributed by atoms with van der Waals surface area (Å²) in [4.78, 5) is 14.0. The number of likely N-dealkylation sites (tertiary alicyclic amines) is 1. The molecular formula is C17H24Cl2N2O2. The average molecular weight is 359 g/mol. The summed E-state index contributed by atoms with van der Waals surface area (Å²) in [5, 5.41) is 1.14. The smallest absolute Gasteiger partial charge is 0.222 e. The number of nitrogens with zero attached hydrogens (tertiary/aromatic N) is 1. The Hall–Kier alpha value is -0.970. The molecule has 0 bridgehead atoms. The van der Waals surface area contributed by atoms with Crippen LogP contribution in [0.3, 0.4) is 0 Å². The minimum Gasteiger partial charge on any atom is -0.493 e. The first-order chi connectivity index (χ1) is 10.9. The highest BCUT2D eigenvalue weighted by Gasteiger charge is 2.23. The third kappa shape index (κ3) is 6.21. The quantitative estimate of drug-likeness (QED) is 0.842. The van der Waals surface area contributed by atoms with Crippen LogP contribution in [-0.4, -0.2) is 36.5 Å². The maximum absolute atomic E-state index is 12.1. The average Bonchev–Trinajstić information content (AvgIpc) is 2.50. The molecule has 1 saturated heterocycles. The standard InChI is InChI=1S/C17H24Cl2N2O2/c1-12(20)2-3-17(22)21-6-4-13(5-7-21)11-23-16-9-14(18)8-15(19)10-16/h8-10,12-13H,2-7,11,20H2,1H3. The second kappa shape index (κ2) is 8.76. The zero-order valence-electron chi connectivity index (χ0n) is 13.4. The first kappa shape index (κ1) is 18.4. The van der Waals surface area contributed by atoms with Gasteiger partial charge in [-0.05, 0) is 50.3 Å². The van der Waals surface area contributed by atoms with Crippen LogP contribution in [-0.2, 0) is 4.79 Å². The highest BCUT2D eigenvalue weighted by molar-refractivity contribution is 6.34. The van der Waals surface area contributed by atoms with Crippen LogP contribution in [0, 0.1) is 5.92 Å². The van der Waals surface area contributed by atoms with Gasteiger partial charge in [0.1, 0.15) is 5.75 Å². The van der Waals surface area contributed by atoms with Crippen molar-refractivity contribution in [1.82, 2.24) is 4.90 Å². The Morgan fingerprint density at radius 1 is 1.30 bits per heavy atom. The van der Waals surface area contributed by atoms with Crippen molar-refractivity contribution < 1.29 is 9.53 Å². The van der Waals surface area contributed by atoms with Gasteiger partial charge in [0.15, 0.2) is 0 Å². The Kier molecular flexibility index (Phi) is 7.00. The van der Waals surface area contributed by atoms with Crippen LogP contribution in [0.25, 0.3) is 0 Å². The SMILES string of the molecule is CC(N)CCC(=O)N1CCC(COc2cc(Cl)cc(Cl)c2)CC1. The first-order valence-corrected chi connectivity index (χ1v) is 8.82. The van der Waals surface area contributed by atoms with Gasteiger partial charge in [0, 0.05) is 35.6 Å². The second-order valence-corrected chi connectivity index (χ2v) is 7.13. The molecule has 1 unspecified atom stereocenters. The Morgan fingerprint density at radius 2 is 1.91 bits per heavy atom. The minimum atomic E-state index is 0.0782. The van der Waals surface area contributed by atoms with Gasteiger partial charge in [-0.3, -0.25) is 4.79 Å². The van der Waals surface area contributed by atoms with E-state index in [4.69, 9.17) is 33.7 Å². The van der Waals surface area contributed by atoms with Crippen molar-refractivity contribution in [2.75, 3.05) is 19.7 Å². The maximum atomic E-state index is 12.1. The summed E-state index contributed by atoms with van der Waals surface area (Å²) in [5.74, 6) is 1.35. The van der Waals surface area contributed by atoms with E-state index in [1.54, 1.807) is 18.2 Å². The number of benzene rings is 1. The van der Waals surface area contributed by atoms with Gasteiger partial charge in [0.2, 0.25) is 5.91 Å². The molecule has 6 heteroatoms. The number of carbonyl (C=O) groups excluding carboxylic acids is 1. The van der Waals surface area contributed by atoms with Gasteiger partial charge in [0.25, 0.3) is 0 Å². The van der Waals surface area contributed by atoms with E-state index in [-0.39, 0.29) is 11.9 Å². The number of rotatable bonds is 6. The van der Waals surface area contributed by atoms with E-state index in [0.29, 0.717) is 34.7 Å². The highest BCUT2D eigenvalue weighted by Crippen LogP contribution is 2.26. The van der Waals surface area contributed by atoms with Gasteiger partial charge < -0.3 is 15.4 Å². The predicted molar refractivity (Wildman–Crippen MR) is 94.1 cm³/mol. The third-order valence-corrected chi connectivity index (χ3v) is 4.54. The number of piperidine rings is 1. The lowest BCUT2D eigenvalue weighted by Gasteiger charge is -2.32. The summed E-state index contributed by atoms with van der Waals surface area (Å²) in [5.41, 5.74) is 5.70. The monoisotopic (exact) mass is 358 g/mol. The second-order valence-electron chi connectivity index (χ2n) is 6.26. The van der Waals surface area contributed by atoms with Crippen LogP contribution >= 0.6 is 23.2 Å². The fourth-order valence-corrected chi connectivity index (χ4v) is 3.19. The van der Waals surface area contributed by atoms with Crippen LogP contribution in [0.4, 0.5) is 0 Å². The Labute approximate surface area is 147 Å². The van der Waals surface area contributed by atoms with Gasteiger partial charge in [-0.2, -0.15) is 0 Å². The van der Waals surface area contributed by atoms with Crippen molar-refractivity contribution in [3.05, 3.63) is 28.2 Å². The number of nitrogens with two attached hydrogens (primary N) is 1. The molecule has 1 aromatic carbocycles. The molecule has 0 aromatic heterocycles. The van der Waals surface area contributed by atoms with Crippen molar-refractivity contribution >= 4 is 29.1 Å². The number of amides is 1. The topological polar surface area (TPSA) is 55.6 Å². The van der Waals surface area contributed by atoms with Gasteiger partial charge in [-0.1, -0.05) is 23.2 Å². The molecule has 1 aliphatic heterocycles. The molecule has 1 amide bonds. The molecule has 2 N–H and O–H groups in total. The summed E-state index contributed by atoms with van der Waals surface area (Å²) in [6, 6.07) is 5.29. The van der Waals surface area contributed by atoms with Crippen LogP contribution in [0.1, 0.15) is 32.6 Å². The van der Waals surface area contributed by atoms with Crippen LogP contribution in [0.2, 0.25) is 10.0 Å². The number of ether oxygens (including phenoxy) is 1. The van der Waals surface area contributed by atoms with Crippen molar-refractivity contribution in [3.8, 4) is 5.75 Å². The zero-order valence-corrected chi connectivity index (χ0v) is 14.9. The van der Waals surface area contributed by atoms with Crippen LogP contribution in [0.5, 0.6) is 5.75 Å². The lowest BCUT2D eigenvalue weighted by molar-refractivity contribution is -0.132. The molecule has 2 rings (SSSR count). The first-order valence-electron chi connectivity index (χ1n) is 8.06. The predicted octanol–water partition coefficient (Wildman–Crippen LogP) is 3.74. The lowest BCUT2D eigenvalue weighted by Crippen LogP contribution is -2.40. The van der Waals surface area contributed by atoms with Gasteiger partial charge in [-0.15, -0.1) is 0 Å². The third-order valence-electron chi connectivity index (χ3n) is 4.10. The summed E-state index contributed by atoms with van der Waals surface area (Å²) >= 11 is 11.9. The number of halogens is 2. The fourth-order valence-electron chi connectivity index (χ4n) is 2.68. The molecule has 0 radical (unpaired) electrons. The summed E-state index contributed by atoms with van der Waals surface area (Å²) in [7, 11) is 0. The van der Waals surface area contributed by atoms with Crippen molar-refractivity contribution in [2.45, 2.75) is 38.6 Å². The highest BCUT2D eigenvalue weighted by atomic mass is 35.5. The molecule has 1 fully saturated rings. The van der Waals surface area contributed by atoms with E-state index in [1.165, 1.54) is 0 Å². The van der Waals surface area contributed by atoms with Crippen LogP contribution < -0.4 is 10.5 Å². The molecular weight excluding hydrogens is 335 g/mol. The molecule has 1 atom stereocenters. The molecule has 4 nitrogen and oxygen atoms in total. The fraction of sp³-hybridized carbons (Fsp3) is 0.588. The van der Waals surface area contributed by atoms with Crippen molar-refractivity contribution in [2.24, 2.45) is 11.7 Å². The molecule has 1 heterocycles. The normalized spacial score (nSPS) is 17.1. The molecule has 23 heavy (non-hydrogen) atoms. The number of hydrogen-bond donors (Lipinski definition) is 1. The van der Waals surface area contributed by atoms with E-state index in [0.717, 1.165) is 32.4 Å².